The third-order valence-corrected chi connectivity index (χ3v) is 4.96. The van der Waals surface area contributed by atoms with E-state index in [1.807, 2.05) is 6.92 Å². The molecule has 2 aliphatic rings. The molecule has 0 aliphatic carbocycles. The van der Waals surface area contributed by atoms with Gasteiger partial charge < -0.3 is 15.0 Å². The molecule has 0 saturated carbocycles. The highest BCUT2D eigenvalue weighted by molar-refractivity contribution is 5.78. The van der Waals surface area contributed by atoms with Crippen molar-refractivity contribution in [1.82, 2.24) is 15.1 Å². The van der Waals surface area contributed by atoms with Crippen molar-refractivity contribution in [1.29, 1.82) is 0 Å². The molecule has 6 nitrogen and oxygen atoms in total. The number of hydrogen-bond acceptors (Lipinski definition) is 4. The Morgan fingerprint density at radius 3 is 2.60 bits per heavy atom. The molecule has 25 heavy (non-hydrogen) atoms. The van der Waals surface area contributed by atoms with Crippen LogP contribution < -0.4 is 5.32 Å². The molecule has 0 radical (unpaired) electrons. The Balaban J connectivity index is 1.41. The van der Waals surface area contributed by atoms with Crippen LogP contribution in [-0.2, 0) is 22.5 Å². The number of hydrogen-bond donors (Lipinski definition) is 1. The lowest BCUT2D eigenvalue weighted by molar-refractivity contribution is -0.123. The maximum atomic E-state index is 12.4. The summed E-state index contributed by atoms with van der Waals surface area (Å²) < 4.78 is 5.02. The van der Waals surface area contributed by atoms with Crippen LogP contribution in [0.2, 0.25) is 0 Å². The maximum absolute atomic E-state index is 12.4. The quantitative estimate of drug-likeness (QED) is 0.904. The third-order valence-electron chi connectivity index (χ3n) is 4.96. The first-order chi connectivity index (χ1) is 12.2. The highest BCUT2D eigenvalue weighted by Gasteiger charge is 2.25. The first-order valence-corrected chi connectivity index (χ1v) is 9.16. The fourth-order valence-corrected chi connectivity index (χ4v) is 3.59. The van der Waals surface area contributed by atoms with Gasteiger partial charge in [-0.1, -0.05) is 24.3 Å². The molecule has 136 valence electrons. The van der Waals surface area contributed by atoms with E-state index >= 15 is 0 Å². The van der Waals surface area contributed by atoms with E-state index in [1.165, 1.54) is 11.1 Å². The number of benzene rings is 1. The van der Waals surface area contributed by atoms with Crippen LogP contribution in [0, 0.1) is 0 Å². The summed E-state index contributed by atoms with van der Waals surface area (Å²) in [4.78, 5) is 28.0. The Bertz CT molecular complexity index is 612. The third kappa shape index (κ3) is 4.72. The van der Waals surface area contributed by atoms with Crippen molar-refractivity contribution >= 4 is 12.0 Å². The standard InChI is InChI=1S/C19H27N3O3/c1-2-25-19(24)22-11-8-17(9-12-22)20-18(23)14-21-10-7-15-5-3-4-6-16(15)13-21/h3-6,17H,2,7-14H2,1H3,(H,20,23). The average molecular weight is 345 g/mol. The molecule has 0 atom stereocenters. The Hall–Kier alpha value is -2.08. The molecule has 1 fully saturated rings. The summed E-state index contributed by atoms with van der Waals surface area (Å²) >= 11 is 0. The molecule has 0 aromatic heterocycles. The SMILES string of the molecule is CCOC(=O)N1CCC(NC(=O)CN2CCc3ccccc3C2)CC1. The molecule has 0 unspecified atom stereocenters. The molecule has 2 heterocycles. The van der Waals surface area contributed by atoms with E-state index < -0.39 is 0 Å². The Kier molecular flexibility index (Phi) is 5.91. The monoisotopic (exact) mass is 345 g/mol. The molecule has 3 rings (SSSR count). The second-order valence-electron chi connectivity index (χ2n) is 6.76. The van der Waals surface area contributed by atoms with Gasteiger partial charge in [-0.25, -0.2) is 4.79 Å². The van der Waals surface area contributed by atoms with E-state index in [1.54, 1.807) is 4.90 Å². The predicted octanol–water partition coefficient (Wildman–Crippen LogP) is 1.78. The van der Waals surface area contributed by atoms with E-state index in [4.69, 9.17) is 4.74 Å². The number of carbonyl (C=O) groups is 2. The van der Waals surface area contributed by atoms with Crippen LogP contribution in [0.5, 0.6) is 0 Å². The van der Waals surface area contributed by atoms with Gasteiger partial charge in [-0.2, -0.15) is 0 Å². The fourth-order valence-electron chi connectivity index (χ4n) is 3.59. The van der Waals surface area contributed by atoms with Crippen molar-refractivity contribution in [2.45, 2.75) is 38.8 Å². The topological polar surface area (TPSA) is 61.9 Å². The fraction of sp³-hybridized carbons (Fsp3) is 0.579. The van der Waals surface area contributed by atoms with Gasteiger partial charge in [0.2, 0.25) is 5.91 Å². The van der Waals surface area contributed by atoms with Gasteiger partial charge >= 0.3 is 6.09 Å². The molecule has 2 aliphatic heterocycles. The van der Waals surface area contributed by atoms with Gasteiger partial charge in [0.15, 0.2) is 0 Å². The van der Waals surface area contributed by atoms with Crippen LogP contribution in [0.3, 0.4) is 0 Å². The van der Waals surface area contributed by atoms with Crippen molar-refractivity contribution in [3.05, 3.63) is 35.4 Å². The van der Waals surface area contributed by atoms with E-state index in [2.05, 4.69) is 34.5 Å². The number of amides is 2. The van der Waals surface area contributed by atoms with Crippen molar-refractivity contribution in [3.8, 4) is 0 Å². The first kappa shape index (κ1) is 17.7. The number of carbonyl (C=O) groups excluding carboxylic acids is 2. The van der Waals surface area contributed by atoms with Crippen molar-refractivity contribution in [2.75, 3.05) is 32.8 Å². The van der Waals surface area contributed by atoms with Crippen LogP contribution in [-0.4, -0.2) is 60.6 Å². The molecule has 2 amide bonds. The highest BCUT2D eigenvalue weighted by atomic mass is 16.6. The smallest absolute Gasteiger partial charge is 0.409 e. The van der Waals surface area contributed by atoms with Crippen LogP contribution in [0.25, 0.3) is 0 Å². The molecule has 1 aromatic rings. The van der Waals surface area contributed by atoms with Gasteiger partial charge in [-0.3, -0.25) is 9.69 Å². The summed E-state index contributed by atoms with van der Waals surface area (Å²) in [5.74, 6) is 0.0777. The van der Waals surface area contributed by atoms with Crippen molar-refractivity contribution in [3.63, 3.8) is 0 Å². The van der Waals surface area contributed by atoms with E-state index in [9.17, 15) is 9.59 Å². The lowest BCUT2D eigenvalue weighted by Crippen LogP contribution is -2.49. The van der Waals surface area contributed by atoms with Crippen LogP contribution in [0.4, 0.5) is 4.79 Å². The second kappa shape index (κ2) is 8.34. The van der Waals surface area contributed by atoms with Gasteiger partial charge in [-0.05, 0) is 37.3 Å². The molecular weight excluding hydrogens is 318 g/mol. The van der Waals surface area contributed by atoms with E-state index in [0.717, 1.165) is 32.4 Å². The molecule has 6 heteroatoms. The minimum Gasteiger partial charge on any atom is -0.450 e. The van der Waals surface area contributed by atoms with Gasteiger partial charge in [-0.15, -0.1) is 0 Å². The van der Waals surface area contributed by atoms with Gasteiger partial charge in [0.05, 0.1) is 13.2 Å². The number of piperidine rings is 1. The zero-order valence-electron chi connectivity index (χ0n) is 14.9. The summed E-state index contributed by atoms with van der Waals surface area (Å²) in [6, 6.07) is 8.59. The summed E-state index contributed by atoms with van der Waals surface area (Å²) in [6.45, 7) is 5.68. The molecule has 0 bridgehead atoms. The van der Waals surface area contributed by atoms with Crippen LogP contribution >= 0.6 is 0 Å². The lowest BCUT2D eigenvalue weighted by Gasteiger charge is -2.33. The minimum atomic E-state index is -0.251. The van der Waals surface area contributed by atoms with Gasteiger partial charge in [0, 0.05) is 32.2 Å². The summed E-state index contributed by atoms with van der Waals surface area (Å²) in [5.41, 5.74) is 2.72. The lowest BCUT2D eigenvalue weighted by atomic mass is 10.00. The number of rotatable bonds is 4. The zero-order valence-corrected chi connectivity index (χ0v) is 14.9. The molecule has 0 spiro atoms. The van der Waals surface area contributed by atoms with Crippen molar-refractivity contribution in [2.24, 2.45) is 0 Å². The van der Waals surface area contributed by atoms with E-state index in [0.29, 0.717) is 26.2 Å². The number of nitrogens with zero attached hydrogens (tertiary/aromatic N) is 2. The van der Waals surface area contributed by atoms with Gasteiger partial charge in [0.25, 0.3) is 0 Å². The predicted molar refractivity (Wildman–Crippen MR) is 95.2 cm³/mol. The summed E-state index contributed by atoms with van der Waals surface area (Å²) in [7, 11) is 0. The Labute approximate surface area is 149 Å². The Morgan fingerprint density at radius 1 is 1.16 bits per heavy atom. The summed E-state index contributed by atoms with van der Waals surface area (Å²) in [6.07, 6.45) is 2.32. The number of nitrogens with one attached hydrogen (secondary N) is 1. The number of likely N-dealkylation sites (tertiary alicyclic amines) is 1. The molecule has 1 N–H and O–H groups in total. The normalized spacial score (nSPS) is 18.5. The molecular formula is C19H27N3O3. The maximum Gasteiger partial charge on any atom is 0.409 e. The zero-order chi connectivity index (χ0) is 17.6. The van der Waals surface area contributed by atoms with Crippen molar-refractivity contribution < 1.29 is 14.3 Å². The largest absolute Gasteiger partial charge is 0.450 e. The van der Waals surface area contributed by atoms with Gasteiger partial charge in [0.1, 0.15) is 0 Å². The number of fused-ring (bicyclic) bond motifs is 1. The van der Waals surface area contributed by atoms with E-state index in [-0.39, 0.29) is 18.0 Å². The average Bonchev–Trinajstić information content (AvgIpc) is 2.62. The second-order valence-corrected chi connectivity index (χ2v) is 6.76. The van der Waals surface area contributed by atoms with Crippen LogP contribution in [0.1, 0.15) is 30.9 Å². The number of ether oxygens (including phenoxy) is 1. The highest BCUT2D eigenvalue weighted by Crippen LogP contribution is 2.18. The van der Waals surface area contributed by atoms with Crippen LogP contribution in [0.15, 0.2) is 24.3 Å². The summed E-state index contributed by atoms with van der Waals surface area (Å²) in [5, 5.41) is 3.12. The Morgan fingerprint density at radius 2 is 1.88 bits per heavy atom. The molecule has 1 aromatic carbocycles. The minimum absolute atomic E-state index is 0.0777. The molecule has 1 saturated heterocycles. The first-order valence-electron chi connectivity index (χ1n) is 9.16.